The van der Waals surface area contributed by atoms with Crippen LogP contribution in [0.2, 0.25) is 0 Å². The van der Waals surface area contributed by atoms with Crippen molar-refractivity contribution in [1.82, 2.24) is 10.2 Å². The van der Waals surface area contributed by atoms with Crippen molar-refractivity contribution in [3.63, 3.8) is 0 Å². The lowest BCUT2D eigenvalue weighted by molar-refractivity contribution is -0.0873. The Morgan fingerprint density at radius 1 is 1.28 bits per heavy atom. The topological polar surface area (TPSA) is 33.7 Å². The summed E-state index contributed by atoms with van der Waals surface area (Å²) < 4.78 is 10.9. The van der Waals surface area contributed by atoms with E-state index in [1.165, 1.54) is 25.7 Å². The van der Waals surface area contributed by atoms with Crippen molar-refractivity contribution in [3.8, 4) is 0 Å². The lowest BCUT2D eigenvalue weighted by atomic mass is 9.90. The number of rotatable bonds is 7. The molecule has 18 heavy (non-hydrogen) atoms. The summed E-state index contributed by atoms with van der Waals surface area (Å²) >= 11 is 0. The van der Waals surface area contributed by atoms with Crippen molar-refractivity contribution >= 4 is 0 Å². The van der Waals surface area contributed by atoms with Crippen LogP contribution in [0.5, 0.6) is 0 Å². The highest BCUT2D eigenvalue weighted by molar-refractivity contribution is 4.87. The zero-order chi connectivity index (χ0) is 12.6. The molecule has 0 aromatic rings. The second kappa shape index (κ2) is 8.10. The van der Waals surface area contributed by atoms with E-state index in [1.807, 2.05) is 0 Å². The summed E-state index contributed by atoms with van der Waals surface area (Å²) in [5.41, 5.74) is 0. The van der Waals surface area contributed by atoms with Gasteiger partial charge in [-0.25, -0.2) is 0 Å². The third kappa shape index (κ3) is 4.19. The van der Waals surface area contributed by atoms with Gasteiger partial charge in [0.25, 0.3) is 0 Å². The molecule has 0 spiro atoms. The van der Waals surface area contributed by atoms with Crippen LogP contribution < -0.4 is 5.32 Å². The standard InChI is InChI=1S/C14H28N2O2/c1-17-11-4-7-15-8-9-16-10-12-18-14-6-3-2-5-13(14)16/h13-15H,2-12H2,1H3. The molecule has 1 saturated heterocycles. The maximum atomic E-state index is 5.89. The summed E-state index contributed by atoms with van der Waals surface area (Å²) in [6.45, 7) is 6.21. The van der Waals surface area contributed by atoms with E-state index in [4.69, 9.17) is 9.47 Å². The van der Waals surface area contributed by atoms with E-state index in [0.29, 0.717) is 12.1 Å². The quantitative estimate of drug-likeness (QED) is 0.695. The van der Waals surface area contributed by atoms with E-state index in [0.717, 1.165) is 45.8 Å². The van der Waals surface area contributed by atoms with Crippen molar-refractivity contribution in [3.05, 3.63) is 0 Å². The number of ether oxygens (including phenoxy) is 2. The van der Waals surface area contributed by atoms with Gasteiger partial charge in [0.05, 0.1) is 12.7 Å². The second-order valence-electron chi connectivity index (χ2n) is 5.39. The summed E-state index contributed by atoms with van der Waals surface area (Å²) in [7, 11) is 1.76. The first-order valence-electron chi connectivity index (χ1n) is 7.47. The van der Waals surface area contributed by atoms with Crippen molar-refractivity contribution in [2.75, 3.05) is 46.5 Å². The molecule has 0 radical (unpaired) electrons. The van der Waals surface area contributed by atoms with Crippen molar-refractivity contribution < 1.29 is 9.47 Å². The van der Waals surface area contributed by atoms with Crippen LogP contribution in [0.15, 0.2) is 0 Å². The van der Waals surface area contributed by atoms with E-state index in [-0.39, 0.29) is 0 Å². The molecule has 2 aliphatic rings. The Kier molecular flexibility index (Phi) is 6.41. The van der Waals surface area contributed by atoms with Crippen LogP contribution >= 0.6 is 0 Å². The molecular weight excluding hydrogens is 228 g/mol. The Balaban J connectivity index is 1.62. The molecule has 0 amide bonds. The summed E-state index contributed by atoms with van der Waals surface area (Å²) in [4.78, 5) is 2.64. The van der Waals surface area contributed by atoms with Crippen LogP contribution in [0.3, 0.4) is 0 Å². The molecule has 2 atom stereocenters. The Morgan fingerprint density at radius 2 is 2.17 bits per heavy atom. The molecule has 0 bridgehead atoms. The second-order valence-corrected chi connectivity index (χ2v) is 5.39. The smallest absolute Gasteiger partial charge is 0.0730 e. The number of hydrogen-bond donors (Lipinski definition) is 1. The van der Waals surface area contributed by atoms with Crippen LogP contribution in [0.25, 0.3) is 0 Å². The number of nitrogens with one attached hydrogen (secondary N) is 1. The van der Waals surface area contributed by atoms with Gasteiger partial charge in [0, 0.05) is 39.4 Å². The largest absolute Gasteiger partial charge is 0.385 e. The van der Waals surface area contributed by atoms with Gasteiger partial charge < -0.3 is 14.8 Å². The first-order valence-corrected chi connectivity index (χ1v) is 7.47. The minimum absolute atomic E-state index is 0.515. The highest BCUT2D eigenvalue weighted by Gasteiger charge is 2.33. The molecule has 2 rings (SSSR count). The molecule has 4 heteroatoms. The number of methoxy groups -OCH3 is 1. The first kappa shape index (κ1) is 14.3. The Bertz CT molecular complexity index is 224. The Hall–Kier alpha value is -0.160. The fraction of sp³-hybridized carbons (Fsp3) is 1.00. The van der Waals surface area contributed by atoms with Crippen LogP contribution in [0, 0.1) is 0 Å². The van der Waals surface area contributed by atoms with Crippen molar-refractivity contribution in [1.29, 1.82) is 0 Å². The van der Waals surface area contributed by atoms with Crippen LogP contribution in [-0.4, -0.2) is 63.5 Å². The SMILES string of the molecule is COCCCNCCN1CCOC2CCCCC21. The first-order chi connectivity index (χ1) is 8.92. The maximum absolute atomic E-state index is 5.89. The lowest BCUT2D eigenvalue weighted by Crippen LogP contribution is -2.54. The molecule has 0 aromatic carbocycles. The Labute approximate surface area is 111 Å². The van der Waals surface area contributed by atoms with E-state index < -0.39 is 0 Å². The number of hydrogen-bond acceptors (Lipinski definition) is 4. The average Bonchev–Trinajstić information content (AvgIpc) is 2.43. The molecule has 0 aromatic heterocycles. The minimum atomic E-state index is 0.515. The number of fused-ring (bicyclic) bond motifs is 1. The Morgan fingerprint density at radius 3 is 3.06 bits per heavy atom. The lowest BCUT2D eigenvalue weighted by Gasteiger charge is -2.43. The van der Waals surface area contributed by atoms with Gasteiger partial charge in [-0.2, -0.15) is 0 Å². The molecule has 106 valence electrons. The molecule has 1 saturated carbocycles. The van der Waals surface area contributed by atoms with Gasteiger partial charge in [-0.15, -0.1) is 0 Å². The summed E-state index contributed by atoms with van der Waals surface area (Å²) in [6, 6.07) is 0.688. The zero-order valence-electron chi connectivity index (χ0n) is 11.7. The van der Waals surface area contributed by atoms with Crippen LogP contribution in [0.1, 0.15) is 32.1 Å². The third-order valence-electron chi connectivity index (χ3n) is 4.12. The maximum Gasteiger partial charge on any atom is 0.0730 e. The van der Waals surface area contributed by atoms with E-state index in [2.05, 4.69) is 10.2 Å². The van der Waals surface area contributed by atoms with Crippen LogP contribution in [0.4, 0.5) is 0 Å². The fourth-order valence-corrected chi connectivity index (χ4v) is 3.14. The van der Waals surface area contributed by atoms with Gasteiger partial charge in [0.2, 0.25) is 0 Å². The molecule has 2 fully saturated rings. The van der Waals surface area contributed by atoms with Crippen molar-refractivity contribution in [2.24, 2.45) is 0 Å². The summed E-state index contributed by atoms with van der Waals surface area (Å²) in [6.07, 6.45) is 6.94. The average molecular weight is 256 g/mol. The van der Waals surface area contributed by atoms with Gasteiger partial charge in [-0.3, -0.25) is 4.90 Å². The normalized spacial score (nSPS) is 29.2. The van der Waals surface area contributed by atoms with Gasteiger partial charge in [-0.05, 0) is 25.8 Å². The highest BCUT2D eigenvalue weighted by atomic mass is 16.5. The van der Waals surface area contributed by atoms with Crippen LogP contribution in [-0.2, 0) is 9.47 Å². The molecule has 4 nitrogen and oxygen atoms in total. The van der Waals surface area contributed by atoms with Gasteiger partial charge >= 0.3 is 0 Å². The molecule has 1 aliphatic heterocycles. The molecule has 1 N–H and O–H groups in total. The summed E-state index contributed by atoms with van der Waals surface area (Å²) in [5, 5.41) is 3.50. The number of nitrogens with zero attached hydrogens (tertiary/aromatic N) is 1. The minimum Gasteiger partial charge on any atom is -0.385 e. The predicted octanol–water partition coefficient (Wildman–Crippen LogP) is 1.26. The van der Waals surface area contributed by atoms with Crippen molar-refractivity contribution in [2.45, 2.75) is 44.2 Å². The molecular formula is C14H28N2O2. The zero-order valence-corrected chi connectivity index (χ0v) is 11.7. The van der Waals surface area contributed by atoms with Gasteiger partial charge in [0.1, 0.15) is 0 Å². The summed E-state index contributed by atoms with van der Waals surface area (Å²) in [5.74, 6) is 0. The monoisotopic (exact) mass is 256 g/mol. The van der Waals surface area contributed by atoms with Gasteiger partial charge in [-0.1, -0.05) is 12.8 Å². The predicted molar refractivity (Wildman–Crippen MR) is 72.9 cm³/mol. The molecule has 2 unspecified atom stereocenters. The van der Waals surface area contributed by atoms with Gasteiger partial charge in [0.15, 0.2) is 0 Å². The van der Waals surface area contributed by atoms with E-state index in [9.17, 15) is 0 Å². The molecule has 1 heterocycles. The van der Waals surface area contributed by atoms with E-state index in [1.54, 1.807) is 7.11 Å². The third-order valence-corrected chi connectivity index (χ3v) is 4.12. The van der Waals surface area contributed by atoms with E-state index >= 15 is 0 Å². The fourth-order valence-electron chi connectivity index (χ4n) is 3.14. The highest BCUT2D eigenvalue weighted by Crippen LogP contribution is 2.27. The molecule has 1 aliphatic carbocycles. The number of morpholine rings is 1.